The SMILES string of the molecule is Cc1ccccc1C(=O)NS(=O)O. The van der Waals surface area contributed by atoms with Crippen LogP contribution in [0.1, 0.15) is 15.9 Å². The van der Waals surface area contributed by atoms with Crippen LogP contribution in [0, 0.1) is 6.92 Å². The summed E-state index contributed by atoms with van der Waals surface area (Å²) in [6.45, 7) is 1.76. The Kier molecular flexibility index (Phi) is 3.16. The van der Waals surface area contributed by atoms with Crippen molar-refractivity contribution in [3.05, 3.63) is 35.4 Å². The Morgan fingerprint density at radius 2 is 2.08 bits per heavy atom. The van der Waals surface area contributed by atoms with Crippen LogP contribution < -0.4 is 4.72 Å². The minimum absolute atomic E-state index is 0.407. The van der Waals surface area contributed by atoms with Gasteiger partial charge in [0, 0.05) is 5.56 Å². The molecule has 0 spiro atoms. The highest BCUT2D eigenvalue weighted by atomic mass is 32.2. The number of hydrogen-bond donors (Lipinski definition) is 2. The molecule has 0 saturated carbocycles. The Balaban J connectivity index is 2.89. The molecule has 0 aromatic heterocycles. The van der Waals surface area contributed by atoms with E-state index in [-0.39, 0.29) is 0 Å². The van der Waals surface area contributed by atoms with Gasteiger partial charge >= 0.3 is 0 Å². The van der Waals surface area contributed by atoms with Crippen molar-refractivity contribution in [2.45, 2.75) is 6.92 Å². The fourth-order valence-corrected chi connectivity index (χ4v) is 1.23. The molecule has 1 amide bonds. The zero-order valence-corrected chi connectivity index (χ0v) is 7.80. The molecule has 0 aliphatic heterocycles. The van der Waals surface area contributed by atoms with Crippen molar-refractivity contribution in [3.63, 3.8) is 0 Å². The summed E-state index contributed by atoms with van der Waals surface area (Å²) in [4.78, 5) is 11.2. The Bertz CT molecular complexity index is 351. The fraction of sp³-hybridized carbons (Fsp3) is 0.125. The first-order valence-corrected chi connectivity index (χ1v) is 4.69. The molecular weight excluding hydrogens is 190 g/mol. The van der Waals surface area contributed by atoms with Crippen molar-refractivity contribution in [3.8, 4) is 0 Å². The average Bonchev–Trinajstić information content (AvgIpc) is 2.03. The van der Waals surface area contributed by atoms with Gasteiger partial charge in [-0.15, -0.1) is 0 Å². The summed E-state index contributed by atoms with van der Waals surface area (Å²) in [6, 6.07) is 6.84. The molecule has 0 bridgehead atoms. The lowest BCUT2D eigenvalue weighted by molar-refractivity contribution is 0.0980. The van der Waals surface area contributed by atoms with Gasteiger partial charge in [0.2, 0.25) is 0 Å². The first-order valence-electron chi connectivity index (χ1n) is 3.58. The maximum absolute atomic E-state index is 11.2. The van der Waals surface area contributed by atoms with Gasteiger partial charge < -0.3 is 0 Å². The van der Waals surface area contributed by atoms with Crippen LogP contribution in [0.4, 0.5) is 0 Å². The normalized spacial score (nSPS) is 12.2. The second-order valence-electron chi connectivity index (χ2n) is 2.50. The molecule has 0 saturated heterocycles. The summed E-state index contributed by atoms with van der Waals surface area (Å²) >= 11 is -2.30. The van der Waals surface area contributed by atoms with E-state index >= 15 is 0 Å². The van der Waals surface area contributed by atoms with E-state index in [0.717, 1.165) is 5.56 Å². The monoisotopic (exact) mass is 199 g/mol. The lowest BCUT2D eigenvalue weighted by Gasteiger charge is -2.02. The largest absolute Gasteiger partial charge is 0.289 e. The van der Waals surface area contributed by atoms with Gasteiger partial charge in [0.25, 0.3) is 17.2 Å². The highest BCUT2D eigenvalue weighted by Crippen LogP contribution is 2.06. The van der Waals surface area contributed by atoms with Crippen LogP contribution in [0.5, 0.6) is 0 Å². The molecule has 2 N–H and O–H groups in total. The molecule has 70 valence electrons. The molecule has 0 heterocycles. The van der Waals surface area contributed by atoms with Crippen LogP contribution in [0.25, 0.3) is 0 Å². The minimum atomic E-state index is -2.30. The molecule has 1 atom stereocenters. The maximum atomic E-state index is 11.2. The lowest BCUT2D eigenvalue weighted by Crippen LogP contribution is -2.25. The van der Waals surface area contributed by atoms with E-state index < -0.39 is 17.2 Å². The van der Waals surface area contributed by atoms with E-state index in [9.17, 15) is 9.00 Å². The number of benzene rings is 1. The number of rotatable bonds is 2. The summed E-state index contributed by atoms with van der Waals surface area (Å²) < 4.78 is 20.6. The molecule has 0 aliphatic rings. The fourth-order valence-electron chi connectivity index (χ4n) is 0.962. The smallest absolute Gasteiger partial charge is 0.264 e. The Morgan fingerprint density at radius 3 is 2.62 bits per heavy atom. The Labute approximate surface area is 78.4 Å². The third-order valence-corrected chi connectivity index (χ3v) is 1.93. The van der Waals surface area contributed by atoms with Crippen LogP contribution in [-0.2, 0) is 11.3 Å². The van der Waals surface area contributed by atoms with E-state index in [1.54, 1.807) is 31.2 Å². The first-order chi connectivity index (χ1) is 6.11. The standard InChI is InChI=1S/C8H9NO3S/c1-6-4-2-3-5-7(6)8(10)9-13(11)12/h2-5H,1H3,(H,9,10)(H,11,12). The summed E-state index contributed by atoms with van der Waals surface area (Å²) in [5.74, 6) is -0.543. The highest BCUT2D eigenvalue weighted by molar-refractivity contribution is 7.77. The van der Waals surface area contributed by atoms with Crippen LogP contribution >= 0.6 is 0 Å². The first kappa shape index (κ1) is 9.88. The third-order valence-electron chi connectivity index (χ3n) is 1.57. The van der Waals surface area contributed by atoms with E-state index in [0.29, 0.717) is 5.56 Å². The molecule has 4 nitrogen and oxygen atoms in total. The maximum Gasteiger partial charge on any atom is 0.264 e. The quantitative estimate of drug-likeness (QED) is 0.694. The van der Waals surface area contributed by atoms with Crippen molar-refractivity contribution in [2.24, 2.45) is 0 Å². The van der Waals surface area contributed by atoms with Gasteiger partial charge in [0.05, 0.1) is 0 Å². The second kappa shape index (κ2) is 4.15. The summed E-state index contributed by atoms with van der Waals surface area (Å²) in [7, 11) is 0. The van der Waals surface area contributed by atoms with Crippen LogP contribution in [0.3, 0.4) is 0 Å². The predicted octanol–water partition coefficient (Wildman–Crippen LogP) is 0.862. The van der Waals surface area contributed by atoms with Gasteiger partial charge in [-0.05, 0) is 18.6 Å². The van der Waals surface area contributed by atoms with Gasteiger partial charge in [-0.3, -0.25) is 9.35 Å². The van der Waals surface area contributed by atoms with E-state index in [4.69, 9.17) is 4.55 Å². The number of carbonyl (C=O) groups is 1. The molecule has 0 radical (unpaired) electrons. The Morgan fingerprint density at radius 1 is 1.46 bits per heavy atom. The van der Waals surface area contributed by atoms with Crippen LogP contribution in [-0.4, -0.2) is 14.7 Å². The average molecular weight is 199 g/mol. The molecule has 1 aromatic carbocycles. The zero-order chi connectivity index (χ0) is 9.84. The van der Waals surface area contributed by atoms with Crippen molar-refractivity contribution in [1.29, 1.82) is 0 Å². The van der Waals surface area contributed by atoms with Crippen molar-refractivity contribution < 1.29 is 13.6 Å². The van der Waals surface area contributed by atoms with Gasteiger partial charge in [0.1, 0.15) is 0 Å². The zero-order valence-electron chi connectivity index (χ0n) is 6.98. The van der Waals surface area contributed by atoms with Crippen LogP contribution in [0.2, 0.25) is 0 Å². The number of aryl methyl sites for hydroxylation is 1. The number of carbonyl (C=O) groups excluding carboxylic acids is 1. The van der Waals surface area contributed by atoms with E-state index in [1.165, 1.54) is 0 Å². The molecule has 13 heavy (non-hydrogen) atoms. The number of amides is 1. The summed E-state index contributed by atoms with van der Waals surface area (Å²) in [5, 5.41) is 0. The van der Waals surface area contributed by atoms with Crippen molar-refractivity contribution in [2.75, 3.05) is 0 Å². The van der Waals surface area contributed by atoms with Crippen LogP contribution in [0.15, 0.2) is 24.3 Å². The van der Waals surface area contributed by atoms with Gasteiger partial charge in [0.15, 0.2) is 0 Å². The molecule has 1 aromatic rings. The molecule has 1 unspecified atom stereocenters. The second-order valence-corrected chi connectivity index (χ2v) is 3.20. The lowest BCUT2D eigenvalue weighted by atomic mass is 10.1. The van der Waals surface area contributed by atoms with Crippen molar-refractivity contribution in [1.82, 2.24) is 4.72 Å². The summed E-state index contributed by atoms with van der Waals surface area (Å²) in [5.41, 5.74) is 1.18. The van der Waals surface area contributed by atoms with E-state index in [1.807, 2.05) is 4.72 Å². The van der Waals surface area contributed by atoms with Gasteiger partial charge in [-0.1, -0.05) is 18.2 Å². The summed E-state index contributed by atoms with van der Waals surface area (Å²) in [6.07, 6.45) is 0. The molecule has 1 rings (SSSR count). The Hall–Kier alpha value is -1.20. The topological polar surface area (TPSA) is 66.4 Å². The van der Waals surface area contributed by atoms with Gasteiger partial charge in [-0.2, -0.15) is 0 Å². The van der Waals surface area contributed by atoms with E-state index in [2.05, 4.69) is 0 Å². The van der Waals surface area contributed by atoms with Crippen molar-refractivity contribution >= 4 is 17.2 Å². The van der Waals surface area contributed by atoms with Gasteiger partial charge in [-0.25, -0.2) is 8.93 Å². The molecular formula is C8H9NO3S. The molecule has 0 fully saturated rings. The minimum Gasteiger partial charge on any atom is -0.289 e. The molecule has 5 heteroatoms. The third kappa shape index (κ3) is 2.64. The number of hydrogen-bond acceptors (Lipinski definition) is 2. The number of nitrogens with one attached hydrogen (secondary N) is 1. The molecule has 0 aliphatic carbocycles. The highest BCUT2D eigenvalue weighted by Gasteiger charge is 2.08. The predicted molar refractivity (Wildman–Crippen MR) is 49.4 cm³/mol.